The first-order valence-electron chi connectivity index (χ1n) is 8.78. The second-order valence-electron chi connectivity index (χ2n) is 7.01. The van der Waals surface area contributed by atoms with Gasteiger partial charge in [-0.25, -0.2) is 13.1 Å². The van der Waals surface area contributed by atoms with Crippen molar-refractivity contribution in [1.29, 1.82) is 0 Å². The van der Waals surface area contributed by atoms with E-state index in [0.29, 0.717) is 11.5 Å². The molecule has 0 aliphatic rings. The lowest BCUT2D eigenvalue weighted by atomic mass is 9.99. The first-order chi connectivity index (χ1) is 12.6. The molecule has 2 aromatic rings. The summed E-state index contributed by atoms with van der Waals surface area (Å²) >= 11 is 0. The van der Waals surface area contributed by atoms with Gasteiger partial charge in [0.05, 0.1) is 4.90 Å². The maximum absolute atomic E-state index is 12.6. The van der Waals surface area contributed by atoms with Gasteiger partial charge in [0.25, 0.3) is 5.91 Å². The van der Waals surface area contributed by atoms with Crippen molar-refractivity contribution in [1.82, 2.24) is 9.62 Å². The van der Waals surface area contributed by atoms with Gasteiger partial charge in [-0.15, -0.1) is 12.4 Å². The summed E-state index contributed by atoms with van der Waals surface area (Å²) in [5, 5.41) is 0. The van der Waals surface area contributed by atoms with Crippen molar-refractivity contribution < 1.29 is 13.2 Å². The SMILES string of the molecule is CC(C)c1ccc(C(N)CNS(=O)(=O)c2cccc(C(=O)N(C)C)c2)cc1.Cl. The van der Waals surface area contributed by atoms with Crippen LogP contribution >= 0.6 is 12.4 Å². The number of hydrogen-bond acceptors (Lipinski definition) is 4. The topological polar surface area (TPSA) is 92.5 Å². The van der Waals surface area contributed by atoms with Gasteiger partial charge in [0.15, 0.2) is 0 Å². The molecule has 28 heavy (non-hydrogen) atoms. The van der Waals surface area contributed by atoms with Gasteiger partial charge in [-0.2, -0.15) is 0 Å². The fourth-order valence-corrected chi connectivity index (χ4v) is 3.69. The fourth-order valence-electron chi connectivity index (χ4n) is 2.58. The first-order valence-corrected chi connectivity index (χ1v) is 10.3. The third-order valence-electron chi connectivity index (χ3n) is 4.32. The number of nitrogens with one attached hydrogen (secondary N) is 1. The third-order valence-corrected chi connectivity index (χ3v) is 5.74. The Morgan fingerprint density at radius 1 is 1.07 bits per heavy atom. The lowest BCUT2D eigenvalue weighted by Crippen LogP contribution is -2.32. The van der Waals surface area contributed by atoms with E-state index in [2.05, 4.69) is 18.6 Å². The number of rotatable bonds is 7. The van der Waals surface area contributed by atoms with Crippen LogP contribution in [0.3, 0.4) is 0 Å². The van der Waals surface area contributed by atoms with E-state index < -0.39 is 16.1 Å². The minimum atomic E-state index is -3.77. The van der Waals surface area contributed by atoms with E-state index in [-0.39, 0.29) is 29.8 Å². The summed E-state index contributed by atoms with van der Waals surface area (Å²) in [5.41, 5.74) is 8.52. The van der Waals surface area contributed by atoms with Crippen LogP contribution in [-0.2, 0) is 10.0 Å². The molecule has 0 aromatic heterocycles. The largest absolute Gasteiger partial charge is 0.345 e. The third kappa shape index (κ3) is 6.04. The zero-order chi connectivity index (χ0) is 20.2. The molecule has 2 rings (SSSR count). The lowest BCUT2D eigenvalue weighted by molar-refractivity contribution is 0.0827. The van der Waals surface area contributed by atoms with Crippen LogP contribution in [-0.4, -0.2) is 39.9 Å². The molecule has 0 aliphatic heterocycles. The Kier molecular flexibility index (Phi) is 8.63. The monoisotopic (exact) mass is 425 g/mol. The van der Waals surface area contributed by atoms with Crippen LogP contribution in [0.25, 0.3) is 0 Å². The summed E-state index contributed by atoms with van der Waals surface area (Å²) in [4.78, 5) is 13.5. The van der Waals surface area contributed by atoms with Crippen molar-refractivity contribution in [2.75, 3.05) is 20.6 Å². The summed E-state index contributed by atoms with van der Waals surface area (Å²) in [6.07, 6.45) is 0. The molecule has 0 bridgehead atoms. The van der Waals surface area contributed by atoms with Crippen molar-refractivity contribution in [3.63, 3.8) is 0 Å². The summed E-state index contributed by atoms with van der Waals surface area (Å²) in [5.74, 6) is 0.167. The molecule has 0 radical (unpaired) electrons. The summed E-state index contributed by atoms with van der Waals surface area (Å²) in [6, 6.07) is 13.3. The Hall–Kier alpha value is -1.93. The highest BCUT2D eigenvalue weighted by Crippen LogP contribution is 2.18. The molecule has 2 aromatic carbocycles. The highest BCUT2D eigenvalue weighted by atomic mass is 35.5. The van der Waals surface area contributed by atoms with Crippen LogP contribution in [0.4, 0.5) is 0 Å². The van der Waals surface area contributed by atoms with Crippen LogP contribution in [0, 0.1) is 0 Å². The Morgan fingerprint density at radius 3 is 2.18 bits per heavy atom. The van der Waals surface area contributed by atoms with Crippen molar-refractivity contribution in [2.24, 2.45) is 5.73 Å². The van der Waals surface area contributed by atoms with Gasteiger partial charge < -0.3 is 10.6 Å². The number of nitrogens with two attached hydrogens (primary N) is 1. The van der Waals surface area contributed by atoms with Gasteiger partial charge in [-0.05, 0) is 35.2 Å². The first kappa shape index (κ1) is 24.1. The molecule has 6 nitrogen and oxygen atoms in total. The number of carbonyl (C=O) groups is 1. The van der Waals surface area contributed by atoms with Crippen molar-refractivity contribution in [3.8, 4) is 0 Å². The van der Waals surface area contributed by atoms with Gasteiger partial charge >= 0.3 is 0 Å². The molecule has 0 heterocycles. The van der Waals surface area contributed by atoms with E-state index in [9.17, 15) is 13.2 Å². The Bertz CT molecular complexity index is 897. The Labute approximate surface area is 173 Å². The van der Waals surface area contributed by atoms with E-state index >= 15 is 0 Å². The van der Waals surface area contributed by atoms with Crippen molar-refractivity contribution >= 4 is 28.3 Å². The summed E-state index contributed by atoms with van der Waals surface area (Å²) < 4.78 is 27.7. The predicted octanol–water partition coefficient (Wildman–Crippen LogP) is 2.91. The number of nitrogens with zero attached hydrogens (tertiary/aromatic N) is 1. The van der Waals surface area contributed by atoms with E-state index in [1.807, 2.05) is 24.3 Å². The van der Waals surface area contributed by atoms with Crippen LogP contribution in [0.15, 0.2) is 53.4 Å². The van der Waals surface area contributed by atoms with E-state index in [4.69, 9.17) is 5.73 Å². The standard InChI is InChI=1S/C20H27N3O3S.ClH/c1-14(2)15-8-10-16(11-9-15)19(21)13-22-27(25,26)18-7-5-6-17(12-18)20(24)23(3)4;/h5-12,14,19,22H,13,21H2,1-4H3;1H. The molecule has 1 unspecified atom stereocenters. The smallest absolute Gasteiger partial charge is 0.253 e. The van der Waals surface area contributed by atoms with Gasteiger partial charge in [0.1, 0.15) is 0 Å². The molecule has 8 heteroatoms. The zero-order valence-corrected chi connectivity index (χ0v) is 18.2. The van der Waals surface area contributed by atoms with Crippen molar-refractivity contribution in [2.45, 2.75) is 30.7 Å². The van der Waals surface area contributed by atoms with E-state index in [1.54, 1.807) is 26.2 Å². The minimum Gasteiger partial charge on any atom is -0.345 e. The van der Waals surface area contributed by atoms with E-state index in [1.165, 1.54) is 22.6 Å². The highest BCUT2D eigenvalue weighted by Gasteiger charge is 2.18. The van der Waals surface area contributed by atoms with Crippen molar-refractivity contribution in [3.05, 3.63) is 65.2 Å². The molecule has 0 aliphatic carbocycles. The van der Waals surface area contributed by atoms with Gasteiger partial charge in [-0.1, -0.05) is 44.2 Å². The highest BCUT2D eigenvalue weighted by molar-refractivity contribution is 7.89. The number of amides is 1. The number of halogens is 1. The fraction of sp³-hybridized carbons (Fsp3) is 0.350. The van der Waals surface area contributed by atoms with Gasteiger partial charge in [0, 0.05) is 32.2 Å². The zero-order valence-electron chi connectivity index (χ0n) is 16.5. The molecular formula is C20H28ClN3O3S. The number of carbonyl (C=O) groups excluding carboxylic acids is 1. The Balaban J connectivity index is 0.00000392. The molecule has 0 fully saturated rings. The molecule has 3 N–H and O–H groups in total. The normalized spacial score (nSPS) is 12.4. The average molecular weight is 426 g/mol. The van der Waals surface area contributed by atoms with Crippen LogP contribution < -0.4 is 10.5 Å². The van der Waals surface area contributed by atoms with Crippen LogP contribution in [0.1, 0.15) is 47.3 Å². The molecule has 1 atom stereocenters. The lowest BCUT2D eigenvalue weighted by Gasteiger charge is -2.15. The molecule has 1 amide bonds. The maximum Gasteiger partial charge on any atom is 0.253 e. The number of sulfonamides is 1. The minimum absolute atomic E-state index is 0. The maximum atomic E-state index is 12.6. The molecule has 0 saturated carbocycles. The molecular weight excluding hydrogens is 398 g/mol. The van der Waals surface area contributed by atoms with Gasteiger partial charge in [-0.3, -0.25) is 4.79 Å². The number of benzene rings is 2. The quantitative estimate of drug-likeness (QED) is 0.713. The molecule has 154 valence electrons. The molecule has 0 saturated heterocycles. The summed E-state index contributed by atoms with van der Waals surface area (Å²) in [7, 11) is -0.535. The van der Waals surface area contributed by atoms with Crippen LogP contribution in [0.2, 0.25) is 0 Å². The number of hydrogen-bond donors (Lipinski definition) is 2. The second kappa shape index (κ2) is 10.0. The summed E-state index contributed by atoms with van der Waals surface area (Å²) in [6.45, 7) is 4.28. The second-order valence-corrected chi connectivity index (χ2v) is 8.77. The van der Waals surface area contributed by atoms with Gasteiger partial charge in [0.2, 0.25) is 10.0 Å². The predicted molar refractivity (Wildman–Crippen MR) is 114 cm³/mol. The molecule has 0 spiro atoms. The van der Waals surface area contributed by atoms with E-state index in [0.717, 1.165) is 5.56 Å². The average Bonchev–Trinajstić information content (AvgIpc) is 2.65. The Morgan fingerprint density at radius 2 is 1.64 bits per heavy atom. The van der Waals surface area contributed by atoms with Crippen LogP contribution in [0.5, 0.6) is 0 Å².